The zero-order valence-corrected chi connectivity index (χ0v) is 8.51. The van der Waals surface area contributed by atoms with Crippen molar-refractivity contribution < 1.29 is 4.42 Å². The van der Waals surface area contributed by atoms with Gasteiger partial charge in [-0.15, -0.1) is 0 Å². The summed E-state index contributed by atoms with van der Waals surface area (Å²) < 4.78 is 5.31. The third-order valence-corrected chi connectivity index (χ3v) is 2.92. The Balaban J connectivity index is 3.02. The van der Waals surface area contributed by atoms with Crippen molar-refractivity contribution >= 4 is 0 Å². The van der Waals surface area contributed by atoms with Crippen LogP contribution in [0.15, 0.2) is 17.0 Å². The molecule has 2 heteroatoms. The molecule has 1 aromatic heterocycles. The van der Waals surface area contributed by atoms with Crippen LogP contribution in [0.3, 0.4) is 0 Å². The number of aromatic nitrogens is 1. The van der Waals surface area contributed by atoms with Crippen LogP contribution in [0.2, 0.25) is 0 Å². The van der Waals surface area contributed by atoms with Crippen molar-refractivity contribution in [1.29, 1.82) is 0 Å². The summed E-state index contributed by atoms with van der Waals surface area (Å²) in [5.41, 5.74) is 0.218. The molecule has 1 aromatic rings. The molecular formula is C10H17NO. The van der Waals surface area contributed by atoms with Crippen molar-refractivity contribution in [1.82, 2.24) is 4.98 Å². The Bertz CT molecular complexity index is 241. The second-order valence-corrected chi connectivity index (χ2v) is 4.74. The lowest BCUT2D eigenvalue weighted by Gasteiger charge is -2.36. The van der Waals surface area contributed by atoms with Gasteiger partial charge in [0.2, 0.25) is 0 Å². The van der Waals surface area contributed by atoms with Gasteiger partial charge in [-0.2, -0.15) is 0 Å². The third kappa shape index (κ3) is 1.38. The van der Waals surface area contributed by atoms with Crippen LogP contribution < -0.4 is 0 Å². The normalized spacial score (nSPS) is 13.4. The minimum atomic E-state index is 0.0312. The second-order valence-electron chi connectivity index (χ2n) is 4.74. The fourth-order valence-electron chi connectivity index (χ4n) is 0.894. The predicted octanol–water partition coefficient (Wildman–Crippen LogP) is 3.00. The van der Waals surface area contributed by atoms with Crippen molar-refractivity contribution in [3.8, 4) is 0 Å². The molecule has 0 amide bonds. The summed E-state index contributed by atoms with van der Waals surface area (Å²) in [6.07, 6.45) is 3.29. The van der Waals surface area contributed by atoms with E-state index >= 15 is 0 Å². The Morgan fingerprint density at radius 3 is 2.08 bits per heavy atom. The average Bonchev–Trinajstić information content (AvgIpc) is 2.34. The maximum atomic E-state index is 5.31. The van der Waals surface area contributed by atoms with Gasteiger partial charge in [0.1, 0.15) is 5.76 Å². The van der Waals surface area contributed by atoms with Gasteiger partial charge in [-0.05, 0) is 5.41 Å². The van der Waals surface area contributed by atoms with Crippen LogP contribution in [0.25, 0.3) is 0 Å². The van der Waals surface area contributed by atoms with Gasteiger partial charge in [-0.25, -0.2) is 4.98 Å². The van der Waals surface area contributed by atoms with Gasteiger partial charge in [0.25, 0.3) is 0 Å². The average molecular weight is 167 g/mol. The monoisotopic (exact) mass is 167 g/mol. The molecular weight excluding hydrogens is 150 g/mol. The first-order valence-electron chi connectivity index (χ1n) is 4.24. The highest BCUT2D eigenvalue weighted by Crippen LogP contribution is 2.40. The second kappa shape index (κ2) is 2.61. The molecule has 12 heavy (non-hydrogen) atoms. The zero-order chi connectivity index (χ0) is 9.41. The zero-order valence-electron chi connectivity index (χ0n) is 8.51. The molecule has 0 N–H and O–H groups in total. The van der Waals surface area contributed by atoms with Gasteiger partial charge >= 0.3 is 0 Å². The molecule has 1 heterocycles. The highest BCUT2D eigenvalue weighted by atomic mass is 16.3. The van der Waals surface area contributed by atoms with E-state index < -0.39 is 0 Å². The maximum absolute atomic E-state index is 5.31. The molecule has 0 spiro atoms. The van der Waals surface area contributed by atoms with E-state index in [1.807, 2.05) is 0 Å². The molecule has 0 aliphatic carbocycles. The molecule has 0 aromatic carbocycles. The summed E-state index contributed by atoms with van der Waals surface area (Å²) in [5.74, 6) is 0.954. The van der Waals surface area contributed by atoms with Crippen LogP contribution in [0.5, 0.6) is 0 Å². The molecule has 0 radical (unpaired) electrons. The molecule has 0 aliphatic heterocycles. The van der Waals surface area contributed by atoms with Crippen molar-refractivity contribution in [2.75, 3.05) is 0 Å². The van der Waals surface area contributed by atoms with E-state index in [0.717, 1.165) is 5.76 Å². The quantitative estimate of drug-likeness (QED) is 0.642. The summed E-state index contributed by atoms with van der Waals surface area (Å²) in [5, 5.41) is 0. The molecule has 2 nitrogen and oxygen atoms in total. The third-order valence-electron chi connectivity index (χ3n) is 2.92. The molecule has 1 rings (SSSR count). The maximum Gasteiger partial charge on any atom is 0.180 e. The largest absolute Gasteiger partial charge is 0.448 e. The summed E-state index contributed by atoms with van der Waals surface area (Å²) in [6.45, 7) is 11.0. The molecule has 0 aliphatic rings. The van der Waals surface area contributed by atoms with E-state index in [0.29, 0.717) is 0 Å². The van der Waals surface area contributed by atoms with Crippen molar-refractivity contribution in [3.05, 3.63) is 18.4 Å². The molecule has 0 unspecified atom stereocenters. The van der Waals surface area contributed by atoms with Gasteiger partial charge in [0.15, 0.2) is 6.39 Å². The predicted molar refractivity (Wildman–Crippen MR) is 49.0 cm³/mol. The van der Waals surface area contributed by atoms with Crippen LogP contribution in [0.1, 0.15) is 40.4 Å². The lowest BCUT2D eigenvalue weighted by atomic mass is 9.68. The fraction of sp³-hybridized carbons (Fsp3) is 0.700. The van der Waals surface area contributed by atoms with Crippen LogP contribution in [0, 0.1) is 5.41 Å². The van der Waals surface area contributed by atoms with E-state index in [2.05, 4.69) is 39.6 Å². The van der Waals surface area contributed by atoms with Gasteiger partial charge < -0.3 is 4.42 Å². The number of nitrogens with zero attached hydrogens (tertiary/aromatic N) is 1. The van der Waals surface area contributed by atoms with E-state index in [9.17, 15) is 0 Å². The molecule has 0 atom stereocenters. The van der Waals surface area contributed by atoms with E-state index in [1.54, 1.807) is 6.20 Å². The number of oxazole rings is 1. The van der Waals surface area contributed by atoms with E-state index in [4.69, 9.17) is 4.42 Å². The summed E-state index contributed by atoms with van der Waals surface area (Å²) >= 11 is 0. The number of rotatable bonds is 1. The van der Waals surface area contributed by atoms with Crippen molar-refractivity contribution in [2.24, 2.45) is 5.41 Å². The van der Waals surface area contributed by atoms with Crippen LogP contribution in [-0.4, -0.2) is 4.98 Å². The highest BCUT2D eigenvalue weighted by molar-refractivity contribution is 5.10. The van der Waals surface area contributed by atoms with Crippen LogP contribution in [-0.2, 0) is 5.41 Å². The minimum absolute atomic E-state index is 0.0312. The van der Waals surface area contributed by atoms with Gasteiger partial charge in [0.05, 0.1) is 6.20 Å². The minimum Gasteiger partial charge on any atom is -0.448 e. The lowest BCUT2D eigenvalue weighted by Crippen LogP contribution is -2.33. The number of hydrogen-bond donors (Lipinski definition) is 0. The number of hydrogen-bond acceptors (Lipinski definition) is 2. The van der Waals surface area contributed by atoms with E-state index in [-0.39, 0.29) is 10.8 Å². The van der Waals surface area contributed by atoms with Crippen LogP contribution in [0.4, 0.5) is 0 Å². The fourth-order valence-corrected chi connectivity index (χ4v) is 0.894. The smallest absolute Gasteiger partial charge is 0.180 e. The Labute approximate surface area is 74.0 Å². The first-order chi connectivity index (χ1) is 5.36. The first-order valence-corrected chi connectivity index (χ1v) is 4.24. The first kappa shape index (κ1) is 9.30. The van der Waals surface area contributed by atoms with E-state index in [1.165, 1.54) is 6.39 Å². The Morgan fingerprint density at radius 2 is 1.75 bits per heavy atom. The Morgan fingerprint density at radius 1 is 1.17 bits per heavy atom. The molecule has 0 fully saturated rings. The van der Waals surface area contributed by atoms with Gasteiger partial charge in [-0.1, -0.05) is 34.6 Å². The van der Waals surface area contributed by atoms with Gasteiger partial charge in [-0.3, -0.25) is 0 Å². The summed E-state index contributed by atoms with van der Waals surface area (Å²) in [6, 6.07) is 0. The van der Waals surface area contributed by atoms with Gasteiger partial charge in [0, 0.05) is 5.41 Å². The SMILES string of the molecule is CC(C)(C)C(C)(C)c1cnco1. The molecule has 0 saturated heterocycles. The molecule has 0 saturated carbocycles. The summed E-state index contributed by atoms with van der Waals surface area (Å²) in [7, 11) is 0. The van der Waals surface area contributed by atoms with Crippen molar-refractivity contribution in [2.45, 2.75) is 40.0 Å². The Hall–Kier alpha value is -0.790. The lowest BCUT2D eigenvalue weighted by molar-refractivity contribution is 0.190. The standard InChI is InChI=1S/C10H17NO/c1-9(2,3)10(4,5)8-6-11-7-12-8/h6-7H,1-5H3. The highest BCUT2D eigenvalue weighted by Gasteiger charge is 2.36. The van der Waals surface area contributed by atoms with Crippen LogP contribution >= 0.6 is 0 Å². The van der Waals surface area contributed by atoms with Crippen molar-refractivity contribution in [3.63, 3.8) is 0 Å². The molecule has 0 bridgehead atoms. The Kier molecular flexibility index (Phi) is 2.02. The topological polar surface area (TPSA) is 26.0 Å². The molecule has 68 valence electrons. The summed E-state index contributed by atoms with van der Waals surface area (Å²) in [4.78, 5) is 3.94.